The molecule has 3 aromatic heterocycles. The summed E-state index contributed by atoms with van der Waals surface area (Å²) in [6.45, 7) is 6.28. The average Bonchev–Trinajstić information content (AvgIpc) is 3.34. The maximum Gasteiger partial charge on any atom is 0.131 e. The topological polar surface area (TPSA) is 64.9 Å². The summed E-state index contributed by atoms with van der Waals surface area (Å²) in [7, 11) is 1.86. The van der Waals surface area contributed by atoms with Gasteiger partial charge in [-0.1, -0.05) is 18.7 Å². The molecule has 38 heavy (non-hydrogen) atoms. The first-order chi connectivity index (χ1) is 18.4. The third-order valence-electron chi connectivity index (χ3n) is 6.05. The summed E-state index contributed by atoms with van der Waals surface area (Å²) in [4.78, 5) is 8.97. The lowest BCUT2D eigenvalue weighted by Gasteiger charge is -2.16. The molecule has 0 spiro atoms. The lowest BCUT2D eigenvalue weighted by atomic mass is 10.0. The lowest BCUT2D eigenvalue weighted by Crippen LogP contribution is -2.12. The highest BCUT2D eigenvalue weighted by Gasteiger charge is 2.11. The fraction of sp³-hybridized carbons (Fsp3) is 0.100. The number of nitrogens with one attached hydrogen (secondary N) is 1. The van der Waals surface area contributed by atoms with Gasteiger partial charge in [0.15, 0.2) is 0 Å². The Bertz CT molecular complexity index is 1610. The molecule has 1 N–H and O–H groups in total. The molecule has 0 amide bonds. The van der Waals surface area contributed by atoms with Crippen LogP contribution in [0.4, 0.5) is 8.78 Å². The van der Waals surface area contributed by atoms with Crippen LogP contribution in [0.1, 0.15) is 16.7 Å². The number of halogens is 2. The summed E-state index contributed by atoms with van der Waals surface area (Å²) in [5.74, 6) is 0.0560. The van der Waals surface area contributed by atoms with Gasteiger partial charge in [-0.25, -0.2) is 8.78 Å². The van der Waals surface area contributed by atoms with Crippen LogP contribution in [-0.4, -0.2) is 19.7 Å². The molecular formula is C30H25F2N5O. The molecule has 0 unspecified atom stereocenters. The molecular weight excluding hydrogens is 484 g/mol. The first-order valence-electron chi connectivity index (χ1n) is 11.9. The van der Waals surface area contributed by atoms with Gasteiger partial charge in [-0.05, 0) is 48.9 Å². The summed E-state index contributed by atoms with van der Waals surface area (Å²) in [5.41, 5.74) is 6.19. The highest BCUT2D eigenvalue weighted by atomic mass is 19.1. The van der Waals surface area contributed by atoms with E-state index >= 15 is 0 Å². The number of rotatable bonds is 8. The molecule has 190 valence electrons. The highest BCUT2D eigenvalue weighted by molar-refractivity contribution is 5.69. The largest absolute Gasteiger partial charge is 0.457 e. The fourth-order valence-electron chi connectivity index (χ4n) is 4.13. The number of aromatic nitrogens is 4. The van der Waals surface area contributed by atoms with E-state index in [9.17, 15) is 8.78 Å². The van der Waals surface area contributed by atoms with Crippen LogP contribution in [-0.2, 0) is 13.6 Å². The Labute approximate surface area is 219 Å². The molecule has 3 heterocycles. The van der Waals surface area contributed by atoms with Crippen LogP contribution in [0.2, 0.25) is 0 Å². The van der Waals surface area contributed by atoms with Crippen molar-refractivity contribution >= 4 is 5.70 Å². The Morgan fingerprint density at radius 1 is 0.947 bits per heavy atom. The van der Waals surface area contributed by atoms with Gasteiger partial charge in [-0.15, -0.1) is 0 Å². The van der Waals surface area contributed by atoms with Crippen LogP contribution in [0.5, 0.6) is 11.5 Å². The van der Waals surface area contributed by atoms with Gasteiger partial charge < -0.3 is 10.1 Å². The van der Waals surface area contributed by atoms with Gasteiger partial charge in [0.25, 0.3) is 0 Å². The molecule has 6 nitrogen and oxygen atoms in total. The Kier molecular flexibility index (Phi) is 6.95. The summed E-state index contributed by atoms with van der Waals surface area (Å²) >= 11 is 0. The van der Waals surface area contributed by atoms with Crippen LogP contribution >= 0.6 is 0 Å². The van der Waals surface area contributed by atoms with Gasteiger partial charge in [-0.3, -0.25) is 14.6 Å². The van der Waals surface area contributed by atoms with Crippen molar-refractivity contribution < 1.29 is 13.5 Å². The van der Waals surface area contributed by atoms with E-state index < -0.39 is 11.6 Å². The van der Waals surface area contributed by atoms with Crippen molar-refractivity contribution in [3.8, 4) is 34.0 Å². The Hall–Kier alpha value is -4.85. The summed E-state index contributed by atoms with van der Waals surface area (Å²) < 4.78 is 35.0. The van der Waals surface area contributed by atoms with E-state index in [4.69, 9.17) is 4.74 Å². The van der Waals surface area contributed by atoms with E-state index in [0.717, 1.165) is 39.7 Å². The SMILES string of the molecule is C=C(NCc1cc(F)cc(F)c1)c1cccc(Oc2ccnc(-c3ccnc(-c4cnn(C)c4)c3)c2)c1C. The molecule has 5 rings (SSSR count). The third-order valence-corrected chi connectivity index (χ3v) is 6.05. The van der Waals surface area contributed by atoms with E-state index in [1.807, 2.05) is 56.6 Å². The van der Waals surface area contributed by atoms with Crippen LogP contribution in [0, 0.1) is 18.6 Å². The Balaban J connectivity index is 1.33. The highest BCUT2D eigenvalue weighted by Crippen LogP contribution is 2.31. The van der Waals surface area contributed by atoms with E-state index in [-0.39, 0.29) is 6.54 Å². The number of aryl methyl sites for hydroxylation is 1. The zero-order chi connectivity index (χ0) is 26.6. The number of nitrogens with zero attached hydrogens (tertiary/aromatic N) is 4. The normalized spacial score (nSPS) is 10.8. The Morgan fingerprint density at radius 3 is 2.42 bits per heavy atom. The second kappa shape index (κ2) is 10.6. The summed E-state index contributed by atoms with van der Waals surface area (Å²) in [5, 5.41) is 7.37. The smallest absolute Gasteiger partial charge is 0.131 e. The van der Waals surface area contributed by atoms with E-state index in [0.29, 0.717) is 22.8 Å². The maximum absolute atomic E-state index is 13.5. The average molecular weight is 510 g/mol. The van der Waals surface area contributed by atoms with Crippen molar-refractivity contribution in [2.24, 2.45) is 7.05 Å². The summed E-state index contributed by atoms with van der Waals surface area (Å²) in [6, 6.07) is 16.6. The van der Waals surface area contributed by atoms with Crippen molar-refractivity contribution in [2.75, 3.05) is 0 Å². The van der Waals surface area contributed by atoms with E-state index in [1.54, 1.807) is 29.3 Å². The molecule has 0 fully saturated rings. The minimum atomic E-state index is -0.615. The molecule has 0 radical (unpaired) electrons. The minimum Gasteiger partial charge on any atom is -0.457 e. The predicted octanol–water partition coefficient (Wildman–Crippen LogP) is 6.68. The van der Waals surface area contributed by atoms with Gasteiger partial charge >= 0.3 is 0 Å². The van der Waals surface area contributed by atoms with Gasteiger partial charge in [0.2, 0.25) is 0 Å². The van der Waals surface area contributed by atoms with Crippen molar-refractivity contribution in [3.63, 3.8) is 0 Å². The van der Waals surface area contributed by atoms with Gasteiger partial charge in [0.1, 0.15) is 23.1 Å². The number of benzene rings is 2. The minimum absolute atomic E-state index is 0.235. The van der Waals surface area contributed by atoms with Crippen LogP contribution in [0.15, 0.2) is 92.0 Å². The zero-order valence-corrected chi connectivity index (χ0v) is 21.0. The number of hydrogen-bond donors (Lipinski definition) is 1. The molecule has 0 aliphatic carbocycles. The van der Waals surface area contributed by atoms with Crippen molar-refractivity contribution in [1.82, 2.24) is 25.1 Å². The van der Waals surface area contributed by atoms with E-state index in [2.05, 4.69) is 27.0 Å². The standard InChI is InChI=1S/C30H25F2N5O/c1-19-27(20(2)35-16-21-11-24(31)14-25(32)12-21)5-4-6-30(19)38-26-8-10-34-29(15-26)22-7-9-33-28(13-22)23-17-36-37(3)18-23/h4-15,17-18,35H,2,16H2,1,3H3. The molecule has 0 bridgehead atoms. The van der Waals surface area contributed by atoms with Crippen LogP contribution in [0.3, 0.4) is 0 Å². The third kappa shape index (κ3) is 5.59. The maximum atomic E-state index is 13.5. The molecule has 0 aliphatic rings. The number of pyridine rings is 2. The predicted molar refractivity (Wildman–Crippen MR) is 143 cm³/mol. The van der Waals surface area contributed by atoms with Crippen LogP contribution < -0.4 is 10.1 Å². The lowest BCUT2D eigenvalue weighted by molar-refractivity contribution is 0.478. The second-order valence-electron chi connectivity index (χ2n) is 8.85. The molecule has 0 atom stereocenters. The number of ether oxygens (including phenoxy) is 1. The van der Waals surface area contributed by atoms with Crippen molar-refractivity contribution in [2.45, 2.75) is 13.5 Å². The molecule has 5 aromatic rings. The fourth-order valence-corrected chi connectivity index (χ4v) is 4.13. The molecule has 0 aliphatic heterocycles. The molecule has 8 heteroatoms. The monoisotopic (exact) mass is 509 g/mol. The number of hydrogen-bond acceptors (Lipinski definition) is 5. The van der Waals surface area contributed by atoms with Gasteiger partial charge in [0.05, 0.1) is 17.6 Å². The van der Waals surface area contributed by atoms with Gasteiger partial charge in [-0.2, -0.15) is 5.10 Å². The van der Waals surface area contributed by atoms with Crippen molar-refractivity contribution in [1.29, 1.82) is 0 Å². The first kappa shape index (κ1) is 24.8. The van der Waals surface area contributed by atoms with Gasteiger partial charge in [0, 0.05) is 72.3 Å². The molecule has 0 saturated carbocycles. The molecule has 2 aromatic carbocycles. The van der Waals surface area contributed by atoms with Crippen LogP contribution in [0.25, 0.3) is 28.2 Å². The molecule has 0 saturated heterocycles. The summed E-state index contributed by atoms with van der Waals surface area (Å²) in [6.07, 6.45) is 7.13. The van der Waals surface area contributed by atoms with E-state index in [1.165, 1.54) is 12.1 Å². The Morgan fingerprint density at radius 2 is 1.68 bits per heavy atom. The first-order valence-corrected chi connectivity index (χ1v) is 11.9. The quantitative estimate of drug-likeness (QED) is 0.253. The van der Waals surface area contributed by atoms with Crippen molar-refractivity contribution in [3.05, 3.63) is 120 Å². The zero-order valence-electron chi connectivity index (χ0n) is 21.0. The second-order valence-corrected chi connectivity index (χ2v) is 8.85.